The third-order valence-electron chi connectivity index (χ3n) is 5.18. The molecule has 1 N–H and O–H groups in total. The van der Waals surface area contributed by atoms with Gasteiger partial charge in [0.15, 0.2) is 0 Å². The van der Waals surface area contributed by atoms with Crippen molar-refractivity contribution in [2.24, 2.45) is 0 Å². The summed E-state index contributed by atoms with van der Waals surface area (Å²) in [7, 11) is 0. The zero-order valence-corrected chi connectivity index (χ0v) is 16.5. The van der Waals surface area contributed by atoms with Crippen molar-refractivity contribution in [2.45, 2.75) is 12.6 Å². The number of ketones is 1. The van der Waals surface area contributed by atoms with E-state index in [2.05, 4.69) is 4.98 Å². The third kappa shape index (κ3) is 3.83. The molecule has 9 heteroatoms. The number of non-ortho nitro benzene ring substituents is 1. The van der Waals surface area contributed by atoms with Crippen molar-refractivity contribution in [1.82, 2.24) is 9.88 Å². The zero-order valence-electron chi connectivity index (χ0n) is 16.5. The fourth-order valence-electron chi connectivity index (χ4n) is 3.62. The van der Waals surface area contributed by atoms with Crippen molar-refractivity contribution in [3.63, 3.8) is 0 Å². The van der Waals surface area contributed by atoms with E-state index in [-0.39, 0.29) is 23.4 Å². The highest BCUT2D eigenvalue weighted by Gasteiger charge is 2.46. The number of aliphatic hydroxyl groups is 1. The van der Waals surface area contributed by atoms with E-state index in [0.29, 0.717) is 11.1 Å². The molecule has 1 unspecified atom stereocenters. The number of nitro groups is 1. The van der Waals surface area contributed by atoms with Crippen molar-refractivity contribution in [3.05, 3.63) is 111 Å². The van der Waals surface area contributed by atoms with Crippen LogP contribution in [0.3, 0.4) is 0 Å². The van der Waals surface area contributed by atoms with Gasteiger partial charge in [-0.1, -0.05) is 12.1 Å². The van der Waals surface area contributed by atoms with Crippen molar-refractivity contribution in [2.75, 3.05) is 0 Å². The highest BCUT2D eigenvalue weighted by Crippen LogP contribution is 2.40. The van der Waals surface area contributed by atoms with Gasteiger partial charge in [0.25, 0.3) is 17.4 Å². The Bertz CT molecular complexity index is 1220. The summed E-state index contributed by atoms with van der Waals surface area (Å²) in [6.45, 7) is 0.00881. The van der Waals surface area contributed by atoms with Gasteiger partial charge in [-0.3, -0.25) is 24.7 Å². The number of aromatic nitrogens is 1. The molecular weight excluding hydrogens is 417 g/mol. The van der Waals surface area contributed by atoms with Gasteiger partial charge in [0.05, 0.1) is 16.5 Å². The molecule has 1 fully saturated rings. The smallest absolute Gasteiger partial charge is 0.295 e. The standard InChI is InChI=1S/C23H16FN3O5/c24-17-5-1-14(2-6-17)13-26-20(15-9-11-25-12-10-15)19(22(29)23(26)30)21(28)16-3-7-18(8-4-16)27(31)32/h1-12,20,28H,13H2/b21-19-. The maximum absolute atomic E-state index is 13.3. The SMILES string of the molecule is O=C1C(=O)N(Cc2ccc(F)cc2)C(c2ccncc2)/C1=C(/O)c1ccc([N+](=O)[O-])cc1. The number of rotatable bonds is 5. The number of amides is 1. The molecule has 0 radical (unpaired) electrons. The van der Waals surface area contributed by atoms with Crippen molar-refractivity contribution < 1.29 is 24.0 Å². The van der Waals surface area contributed by atoms with Gasteiger partial charge in [-0.2, -0.15) is 0 Å². The summed E-state index contributed by atoms with van der Waals surface area (Å²) in [6, 6.07) is 12.9. The van der Waals surface area contributed by atoms with Crippen LogP contribution in [-0.4, -0.2) is 31.6 Å². The van der Waals surface area contributed by atoms with Crippen LogP contribution in [0.25, 0.3) is 5.76 Å². The predicted molar refractivity (Wildman–Crippen MR) is 112 cm³/mol. The van der Waals surface area contributed by atoms with E-state index < -0.39 is 34.2 Å². The van der Waals surface area contributed by atoms with Crippen LogP contribution >= 0.6 is 0 Å². The summed E-state index contributed by atoms with van der Waals surface area (Å²) in [5.41, 5.74) is 0.989. The second kappa shape index (κ2) is 8.38. The number of Topliss-reactive ketones (excluding diaryl/α,β-unsaturated/α-hetero) is 1. The summed E-state index contributed by atoms with van der Waals surface area (Å²) in [5, 5.41) is 21.8. The first-order chi connectivity index (χ1) is 15.4. The van der Waals surface area contributed by atoms with Gasteiger partial charge in [-0.15, -0.1) is 0 Å². The average molecular weight is 433 g/mol. The Morgan fingerprint density at radius 2 is 1.66 bits per heavy atom. The lowest BCUT2D eigenvalue weighted by Gasteiger charge is -2.25. The Morgan fingerprint density at radius 3 is 2.25 bits per heavy atom. The first-order valence-electron chi connectivity index (χ1n) is 9.54. The van der Waals surface area contributed by atoms with Crippen LogP contribution in [0.15, 0.2) is 78.6 Å². The topological polar surface area (TPSA) is 114 Å². The molecule has 1 saturated heterocycles. The van der Waals surface area contributed by atoms with Crippen LogP contribution in [0, 0.1) is 15.9 Å². The summed E-state index contributed by atoms with van der Waals surface area (Å²) in [4.78, 5) is 41.4. The second-order valence-corrected chi connectivity index (χ2v) is 7.14. The molecule has 1 atom stereocenters. The molecule has 3 aromatic rings. The van der Waals surface area contributed by atoms with Crippen molar-refractivity contribution >= 4 is 23.1 Å². The Labute approximate surface area is 181 Å². The highest BCUT2D eigenvalue weighted by atomic mass is 19.1. The van der Waals surface area contributed by atoms with Gasteiger partial charge >= 0.3 is 0 Å². The minimum atomic E-state index is -0.918. The number of likely N-dealkylation sites (tertiary alicyclic amines) is 1. The maximum Gasteiger partial charge on any atom is 0.295 e. The van der Waals surface area contributed by atoms with Crippen molar-refractivity contribution in [3.8, 4) is 0 Å². The Hall–Kier alpha value is -4.40. The highest BCUT2D eigenvalue weighted by molar-refractivity contribution is 6.46. The first-order valence-corrected chi connectivity index (χ1v) is 9.54. The summed E-state index contributed by atoms with van der Waals surface area (Å²) >= 11 is 0. The molecule has 1 aliphatic rings. The molecule has 160 valence electrons. The van der Waals surface area contributed by atoms with E-state index in [4.69, 9.17) is 0 Å². The quantitative estimate of drug-likeness (QED) is 0.216. The number of carbonyl (C=O) groups is 2. The van der Waals surface area contributed by atoms with Gasteiger partial charge < -0.3 is 10.0 Å². The van der Waals surface area contributed by atoms with Gasteiger partial charge in [-0.25, -0.2) is 4.39 Å². The normalized spacial score (nSPS) is 17.5. The van der Waals surface area contributed by atoms with Crippen molar-refractivity contribution in [1.29, 1.82) is 0 Å². The molecule has 2 aromatic carbocycles. The number of halogens is 1. The molecule has 2 heterocycles. The lowest BCUT2D eigenvalue weighted by Crippen LogP contribution is -2.29. The summed E-state index contributed by atoms with van der Waals surface area (Å²) < 4.78 is 13.3. The number of nitrogens with zero attached hydrogens (tertiary/aromatic N) is 3. The third-order valence-corrected chi connectivity index (χ3v) is 5.18. The number of nitro benzene ring substituents is 1. The molecule has 1 amide bonds. The molecule has 0 aliphatic carbocycles. The number of carbonyl (C=O) groups excluding carboxylic acids is 2. The minimum absolute atomic E-state index is 0.00881. The molecular formula is C23H16FN3O5. The monoisotopic (exact) mass is 433 g/mol. The molecule has 0 saturated carbocycles. The van der Waals surface area contributed by atoms with Gasteiger partial charge in [0.2, 0.25) is 0 Å². The Balaban J connectivity index is 1.81. The van der Waals surface area contributed by atoms with E-state index >= 15 is 0 Å². The largest absolute Gasteiger partial charge is 0.507 e. The minimum Gasteiger partial charge on any atom is -0.507 e. The number of hydrogen-bond acceptors (Lipinski definition) is 6. The van der Waals surface area contributed by atoms with Crippen LogP contribution in [0.4, 0.5) is 10.1 Å². The predicted octanol–water partition coefficient (Wildman–Crippen LogP) is 3.75. The lowest BCUT2D eigenvalue weighted by atomic mass is 9.95. The van der Waals surface area contributed by atoms with Gasteiger partial charge in [-0.05, 0) is 47.5 Å². The molecule has 4 rings (SSSR count). The molecule has 0 spiro atoms. The van der Waals surface area contributed by atoms with Crippen LogP contribution in [-0.2, 0) is 16.1 Å². The van der Waals surface area contributed by atoms with E-state index in [9.17, 15) is 29.2 Å². The fourth-order valence-corrected chi connectivity index (χ4v) is 3.62. The molecule has 1 aromatic heterocycles. The molecule has 1 aliphatic heterocycles. The maximum atomic E-state index is 13.3. The summed E-state index contributed by atoms with van der Waals surface area (Å²) in [6.07, 6.45) is 3.00. The number of hydrogen-bond donors (Lipinski definition) is 1. The average Bonchev–Trinajstić information content (AvgIpc) is 3.05. The van der Waals surface area contributed by atoms with E-state index in [1.807, 2.05) is 0 Å². The van der Waals surface area contributed by atoms with E-state index in [0.717, 1.165) is 0 Å². The number of benzene rings is 2. The van der Waals surface area contributed by atoms with Crippen LogP contribution in [0.2, 0.25) is 0 Å². The van der Waals surface area contributed by atoms with Crippen LogP contribution in [0.1, 0.15) is 22.7 Å². The van der Waals surface area contributed by atoms with E-state index in [1.165, 1.54) is 65.8 Å². The molecule has 32 heavy (non-hydrogen) atoms. The molecule has 0 bridgehead atoms. The van der Waals surface area contributed by atoms with Gasteiger partial charge in [0.1, 0.15) is 11.6 Å². The lowest BCUT2D eigenvalue weighted by molar-refractivity contribution is -0.384. The van der Waals surface area contributed by atoms with E-state index in [1.54, 1.807) is 12.1 Å². The number of pyridine rings is 1. The van der Waals surface area contributed by atoms with Gasteiger partial charge in [0, 0.05) is 36.6 Å². The van der Waals surface area contributed by atoms with Crippen LogP contribution < -0.4 is 0 Å². The fraction of sp³-hybridized carbons (Fsp3) is 0.0870. The van der Waals surface area contributed by atoms with Crippen LogP contribution in [0.5, 0.6) is 0 Å². The second-order valence-electron chi connectivity index (χ2n) is 7.14. The zero-order chi connectivity index (χ0) is 22.8. The molecule has 8 nitrogen and oxygen atoms in total. The number of aliphatic hydroxyl groups excluding tert-OH is 1. The Morgan fingerprint density at radius 1 is 1.03 bits per heavy atom. The first kappa shape index (κ1) is 20.9. The summed E-state index contributed by atoms with van der Waals surface area (Å²) in [5.74, 6) is -2.58. The Kier molecular flexibility index (Phi) is 5.46.